The first-order valence-corrected chi connectivity index (χ1v) is 7.33. The monoisotopic (exact) mass is 359 g/mol. The lowest BCUT2D eigenvalue weighted by atomic mass is 10.1. The molecule has 0 spiro atoms. The van der Waals surface area contributed by atoms with Gasteiger partial charge in [-0.2, -0.15) is 4.98 Å². The van der Waals surface area contributed by atoms with E-state index in [9.17, 15) is 19.5 Å². The molecule has 12 heteroatoms. The third kappa shape index (κ3) is 6.10. The molecular formula is C13H21N5O7. The van der Waals surface area contributed by atoms with Crippen molar-refractivity contribution in [3.8, 4) is 0 Å². The molecule has 0 bridgehead atoms. The topological polar surface area (TPSA) is 201 Å². The van der Waals surface area contributed by atoms with Gasteiger partial charge in [0.15, 0.2) is 11.6 Å². The maximum absolute atomic E-state index is 12.0. The molecule has 25 heavy (non-hydrogen) atoms. The lowest BCUT2D eigenvalue weighted by Gasteiger charge is -2.20. The maximum Gasteiger partial charge on any atom is 0.316 e. The van der Waals surface area contributed by atoms with E-state index >= 15 is 0 Å². The smallest absolute Gasteiger partial charge is 0.316 e. The van der Waals surface area contributed by atoms with Crippen LogP contribution in [0.3, 0.4) is 0 Å². The summed E-state index contributed by atoms with van der Waals surface area (Å²) in [5.41, 5.74) is 5.53. The largest absolute Gasteiger partial charge is 0.481 e. The van der Waals surface area contributed by atoms with Crippen molar-refractivity contribution in [2.75, 3.05) is 6.61 Å². The Hall–Kier alpha value is -2.57. The van der Waals surface area contributed by atoms with Gasteiger partial charge in [0.2, 0.25) is 5.89 Å². The van der Waals surface area contributed by atoms with Gasteiger partial charge in [-0.1, -0.05) is 5.16 Å². The van der Waals surface area contributed by atoms with Gasteiger partial charge in [-0.3, -0.25) is 9.59 Å². The highest BCUT2D eigenvalue weighted by molar-refractivity contribution is 5.87. The predicted octanol–water partition coefficient (Wildman–Crippen LogP) is -1.78. The molecule has 2 amide bonds. The second-order valence-electron chi connectivity index (χ2n) is 5.38. The average molecular weight is 359 g/mol. The van der Waals surface area contributed by atoms with Crippen LogP contribution >= 0.6 is 0 Å². The predicted molar refractivity (Wildman–Crippen MR) is 81.1 cm³/mol. The Morgan fingerprint density at radius 3 is 2.44 bits per heavy atom. The molecule has 1 aromatic rings. The Kier molecular flexibility index (Phi) is 7.42. The van der Waals surface area contributed by atoms with Crippen molar-refractivity contribution in [1.29, 1.82) is 0 Å². The molecule has 0 aliphatic heterocycles. The molecule has 1 aromatic heterocycles. The minimum Gasteiger partial charge on any atom is -0.481 e. The molecule has 0 aliphatic rings. The Labute approximate surface area is 142 Å². The number of amides is 2. The van der Waals surface area contributed by atoms with E-state index in [2.05, 4.69) is 20.8 Å². The molecule has 0 fully saturated rings. The van der Waals surface area contributed by atoms with E-state index in [-0.39, 0.29) is 11.7 Å². The third-order valence-corrected chi connectivity index (χ3v) is 3.17. The summed E-state index contributed by atoms with van der Waals surface area (Å²) in [6.07, 6.45) is -1.72. The van der Waals surface area contributed by atoms with Crippen molar-refractivity contribution in [3.63, 3.8) is 0 Å². The fourth-order valence-corrected chi connectivity index (χ4v) is 1.90. The molecule has 0 radical (unpaired) electrons. The molecule has 1 rings (SSSR count). The van der Waals surface area contributed by atoms with Crippen LogP contribution < -0.4 is 16.4 Å². The number of carbonyl (C=O) groups is 3. The van der Waals surface area contributed by atoms with Crippen LogP contribution in [0, 0.1) is 0 Å². The zero-order chi connectivity index (χ0) is 19.1. The fourth-order valence-electron chi connectivity index (χ4n) is 1.90. The molecule has 1 unspecified atom stereocenters. The quantitative estimate of drug-likeness (QED) is 0.292. The van der Waals surface area contributed by atoms with E-state index in [1.807, 2.05) is 0 Å². The number of hydrogen-bond acceptors (Lipinski definition) is 9. The average Bonchev–Trinajstić information content (AvgIpc) is 3.00. The second kappa shape index (κ2) is 9.05. The van der Waals surface area contributed by atoms with E-state index in [1.165, 1.54) is 13.8 Å². The summed E-state index contributed by atoms with van der Waals surface area (Å²) in [7, 11) is 0. The van der Waals surface area contributed by atoms with Gasteiger partial charge in [-0.15, -0.1) is 0 Å². The van der Waals surface area contributed by atoms with Crippen LogP contribution in [0.15, 0.2) is 4.52 Å². The van der Waals surface area contributed by atoms with Crippen molar-refractivity contribution in [2.24, 2.45) is 5.73 Å². The maximum atomic E-state index is 12.0. The van der Waals surface area contributed by atoms with Crippen molar-refractivity contribution in [1.82, 2.24) is 20.8 Å². The summed E-state index contributed by atoms with van der Waals surface area (Å²) in [6, 6.07) is -4.19. The zero-order valence-corrected chi connectivity index (χ0v) is 13.7. The number of ketones is 1. The number of hydrogen-bond donors (Lipinski definition) is 6. The number of carboxylic acid groups (broad SMARTS) is 1. The summed E-state index contributed by atoms with van der Waals surface area (Å²) >= 11 is 0. The van der Waals surface area contributed by atoms with E-state index in [0.717, 1.165) is 0 Å². The van der Waals surface area contributed by atoms with Crippen LogP contribution in [-0.4, -0.2) is 62.0 Å². The first-order valence-electron chi connectivity index (χ1n) is 7.33. The molecule has 1 heterocycles. The summed E-state index contributed by atoms with van der Waals surface area (Å²) in [4.78, 5) is 38.2. The molecule has 0 saturated heterocycles. The van der Waals surface area contributed by atoms with Gasteiger partial charge in [-0.05, 0) is 13.8 Å². The third-order valence-electron chi connectivity index (χ3n) is 3.17. The van der Waals surface area contributed by atoms with E-state index in [1.54, 1.807) is 0 Å². The van der Waals surface area contributed by atoms with Gasteiger partial charge < -0.3 is 36.2 Å². The molecule has 0 aromatic carbocycles. The minimum atomic E-state index is -1.25. The number of aliphatic hydroxyl groups is 2. The number of carboxylic acids is 1. The van der Waals surface area contributed by atoms with Gasteiger partial charge >= 0.3 is 12.0 Å². The highest BCUT2D eigenvalue weighted by Crippen LogP contribution is 2.17. The lowest BCUT2D eigenvalue weighted by molar-refractivity contribution is -0.137. The zero-order valence-electron chi connectivity index (χ0n) is 13.7. The van der Waals surface area contributed by atoms with Gasteiger partial charge in [-0.25, -0.2) is 4.79 Å². The highest BCUT2D eigenvalue weighted by atomic mass is 16.5. The number of aliphatic hydroxyl groups excluding tert-OH is 2. The summed E-state index contributed by atoms with van der Waals surface area (Å²) in [5, 5.41) is 35.4. The van der Waals surface area contributed by atoms with Crippen molar-refractivity contribution >= 4 is 17.8 Å². The first kappa shape index (κ1) is 20.5. The van der Waals surface area contributed by atoms with Gasteiger partial charge in [0.1, 0.15) is 12.1 Å². The summed E-state index contributed by atoms with van der Waals surface area (Å²) < 4.78 is 4.88. The van der Waals surface area contributed by atoms with Crippen molar-refractivity contribution in [2.45, 2.75) is 44.5 Å². The summed E-state index contributed by atoms with van der Waals surface area (Å²) in [6.45, 7) is 2.06. The molecule has 12 nitrogen and oxygen atoms in total. The lowest BCUT2D eigenvalue weighted by Crippen LogP contribution is -2.51. The first-order chi connectivity index (χ1) is 11.6. The Morgan fingerprint density at radius 1 is 1.32 bits per heavy atom. The molecular weight excluding hydrogens is 338 g/mol. The van der Waals surface area contributed by atoms with Crippen LogP contribution in [0.2, 0.25) is 0 Å². The number of nitrogens with two attached hydrogens (primary N) is 1. The van der Waals surface area contributed by atoms with Crippen molar-refractivity contribution < 1.29 is 34.2 Å². The van der Waals surface area contributed by atoms with Gasteiger partial charge in [0, 0.05) is 0 Å². The number of nitrogens with zero attached hydrogens (tertiary/aromatic N) is 2. The Balaban J connectivity index is 2.89. The van der Waals surface area contributed by atoms with Crippen LogP contribution in [-0.2, 0) is 9.59 Å². The number of rotatable bonds is 9. The molecule has 4 atom stereocenters. The number of urea groups is 1. The number of nitrogens with one attached hydrogen (secondary N) is 2. The minimum absolute atomic E-state index is 0.0549. The number of aliphatic carboxylic acids is 1. The molecule has 7 N–H and O–H groups in total. The standard InChI is InChI=1S/C13H21N5O7/c1-5(20)10(6(2)21)16-13(24)15-8(3-9(22)23)12-17-11(18-25-12)7(14)4-19/h5,7-8,10,19-20H,3-4,14H2,1-2H3,(H,22,23)(H2,15,16,24)/t5?,7-,8-,10-/m0/s1. The molecule has 0 saturated carbocycles. The second-order valence-corrected chi connectivity index (χ2v) is 5.38. The van der Waals surface area contributed by atoms with E-state index in [0.29, 0.717) is 0 Å². The van der Waals surface area contributed by atoms with E-state index < -0.39 is 55.0 Å². The Bertz CT molecular complexity index is 618. The van der Waals surface area contributed by atoms with Crippen molar-refractivity contribution in [3.05, 3.63) is 11.7 Å². The normalized spacial score (nSPS) is 15.7. The highest BCUT2D eigenvalue weighted by Gasteiger charge is 2.28. The number of carbonyl (C=O) groups excluding carboxylic acids is 2. The van der Waals surface area contributed by atoms with Gasteiger partial charge in [0.05, 0.1) is 25.2 Å². The molecule has 140 valence electrons. The van der Waals surface area contributed by atoms with Crippen LogP contribution in [0.1, 0.15) is 44.1 Å². The van der Waals surface area contributed by atoms with Gasteiger partial charge in [0.25, 0.3) is 0 Å². The van der Waals surface area contributed by atoms with Crippen LogP contribution in [0.4, 0.5) is 4.79 Å². The van der Waals surface area contributed by atoms with Crippen LogP contribution in [0.5, 0.6) is 0 Å². The van der Waals surface area contributed by atoms with Crippen LogP contribution in [0.25, 0.3) is 0 Å². The molecule has 0 aliphatic carbocycles. The number of Topliss-reactive ketones (excluding diaryl/α,β-unsaturated/α-hetero) is 1. The van der Waals surface area contributed by atoms with E-state index in [4.69, 9.17) is 20.5 Å². The fraction of sp³-hybridized carbons (Fsp3) is 0.615. The SMILES string of the molecule is CC(=O)[C@@H](NC(=O)N[C@@H](CC(=O)O)c1nc([C@@H](N)CO)no1)C(C)O. The Morgan fingerprint density at radius 2 is 1.96 bits per heavy atom. The number of aromatic nitrogens is 2. The summed E-state index contributed by atoms with van der Waals surface area (Å²) in [5.74, 6) is -2.02.